The van der Waals surface area contributed by atoms with E-state index in [1.165, 1.54) is 0 Å². The Morgan fingerprint density at radius 2 is 1.86 bits per heavy atom. The van der Waals surface area contributed by atoms with Gasteiger partial charge in [0.05, 0.1) is 7.11 Å². The Labute approximate surface area is 133 Å². The molecule has 22 heavy (non-hydrogen) atoms. The fourth-order valence-electron chi connectivity index (χ4n) is 2.10. The fraction of sp³-hybridized carbons (Fsp3) is 0.235. The third-order valence-corrected chi connectivity index (χ3v) is 3.89. The summed E-state index contributed by atoms with van der Waals surface area (Å²) < 4.78 is 16.4. The maximum Gasteiger partial charge on any atom is 0.251 e. The molecule has 0 spiro atoms. The van der Waals surface area contributed by atoms with Crippen molar-refractivity contribution >= 4 is 16.7 Å². The highest BCUT2D eigenvalue weighted by atomic mass is 32.2. The molecule has 116 valence electrons. The lowest BCUT2D eigenvalue weighted by Crippen LogP contribution is -2.22. The van der Waals surface area contributed by atoms with Gasteiger partial charge in [0.15, 0.2) is 0 Å². The second-order valence-corrected chi connectivity index (χ2v) is 6.39. The van der Waals surface area contributed by atoms with Gasteiger partial charge in [0, 0.05) is 34.9 Å². The molecule has 0 saturated carbocycles. The zero-order valence-electron chi connectivity index (χ0n) is 12.7. The predicted octanol–water partition coefficient (Wildman–Crippen LogP) is 2.50. The Morgan fingerprint density at radius 1 is 1.14 bits per heavy atom. The standard InChI is InChI=1S/C17H19NO3S/c1-21-16-8-4-5-13(10-16)11-18-17(19)15-7-3-6-14(9-15)12-22(2)20/h3-10H,11-12H2,1-2H3,(H,18,19). The molecule has 0 saturated heterocycles. The molecule has 1 atom stereocenters. The van der Waals surface area contributed by atoms with E-state index in [4.69, 9.17) is 4.74 Å². The summed E-state index contributed by atoms with van der Waals surface area (Å²) in [6.07, 6.45) is 1.65. The molecular weight excluding hydrogens is 298 g/mol. The predicted molar refractivity (Wildman–Crippen MR) is 88.4 cm³/mol. The van der Waals surface area contributed by atoms with E-state index >= 15 is 0 Å². The molecular formula is C17H19NO3S. The van der Waals surface area contributed by atoms with Crippen molar-refractivity contribution in [3.8, 4) is 5.75 Å². The summed E-state index contributed by atoms with van der Waals surface area (Å²) in [6, 6.07) is 14.8. The summed E-state index contributed by atoms with van der Waals surface area (Å²) in [7, 11) is 0.691. The van der Waals surface area contributed by atoms with Gasteiger partial charge in [-0.2, -0.15) is 0 Å². The second-order valence-electron chi connectivity index (χ2n) is 4.95. The molecule has 2 rings (SSSR count). The molecule has 0 radical (unpaired) electrons. The Morgan fingerprint density at radius 3 is 2.59 bits per heavy atom. The topological polar surface area (TPSA) is 55.4 Å². The van der Waals surface area contributed by atoms with E-state index < -0.39 is 10.8 Å². The van der Waals surface area contributed by atoms with Crippen LogP contribution in [0.1, 0.15) is 21.5 Å². The number of hydrogen-bond donors (Lipinski definition) is 1. The van der Waals surface area contributed by atoms with Crippen LogP contribution in [-0.4, -0.2) is 23.5 Å². The normalized spacial score (nSPS) is 11.7. The minimum absolute atomic E-state index is 0.147. The first-order chi connectivity index (χ1) is 10.6. The summed E-state index contributed by atoms with van der Waals surface area (Å²) in [6.45, 7) is 0.431. The van der Waals surface area contributed by atoms with E-state index in [1.54, 1.807) is 25.5 Å². The lowest BCUT2D eigenvalue weighted by Gasteiger charge is -2.08. The van der Waals surface area contributed by atoms with Crippen molar-refractivity contribution in [1.82, 2.24) is 5.32 Å². The van der Waals surface area contributed by atoms with Crippen LogP contribution < -0.4 is 10.1 Å². The van der Waals surface area contributed by atoms with Gasteiger partial charge in [-0.1, -0.05) is 24.3 Å². The number of hydrogen-bond acceptors (Lipinski definition) is 3. The number of amides is 1. The molecule has 0 bridgehead atoms. The second kappa shape index (κ2) is 7.75. The molecule has 0 fully saturated rings. The van der Waals surface area contributed by atoms with Crippen LogP contribution in [0.15, 0.2) is 48.5 Å². The van der Waals surface area contributed by atoms with Crippen molar-refractivity contribution < 1.29 is 13.7 Å². The largest absolute Gasteiger partial charge is 0.497 e. The van der Waals surface area contributed by atoms with Crippen LogP contribution in [0.4, 0.5) is 0 Å². The van der Waals surface area contributed by atoms with Gasteiger partial charge in [-0.05, 0) is 35.4 Å². The van der Waals surface area contributed by atoms with Crippen LogP contribution in [0.3, 0.4) is 0 Å². The van der Waals surface area contributed by atoms with Crippen molar-refractivity contribution in [3.63, 3.8) is 0 Å². The minimum atomic E-state index is -0.921. The van der Waals surface area contributed by atoms with Crippen molar-refractivity contribution in [2.45, 2.75) is 12.3 Å². The van der Waals surface area contributed by atoms with Crippen LogP contribution in [-0.2, 0) is 23.1 Å². The lowest BCUT2D eigenvalue weighted by molar-refractivity contribution is 0.0950. The third-order valence-electron chi connectivity index (χ3n) is 3.15. The number of benzene rings is 2. The first-order valence-corrected chi connectivity index (χ1v) is 8.61. The van der Waals surface area contributed by atoms with Gasteiger partial charge in [0.2, 0.25) is 0 Å². The summed E-state index contributed by atoms with van der Waals surface area (Å²) in [4.78, 5) is 12.2. The molecule has 0 aromatic heterocycles. The lowest BCUT2D eigenvalue weighted by atomic mass is 10.1. The maximum atomic E-state index is 12.2. The first-order valence-electron chi connectivity index (χ1n) is 6.88. The highest BCUT2D eigenvalue weighted by Crippen LogP contribution is 2.13. The average Bonchev–Trinajstić information content (AvgIpc) is 2.52. The summed E-state index contributed by atoms with van der Waals surface area (Å²) in [5.41, 5.74) is 2.44. The minimum Gasteiger partial charge on any atom is -0.497 e. The summed E-state index contributed by atoms with van der Waals surface area (Å²) >= 11 is 0. The Hall–Kier alpha value is -2.14. The van der Waals surface area contributed by atoms with Gasteiger partial charge < -0.3 is 10.1 Å². The average molecular weight is 317 g/mol. The molecule has 1 N–H and O–H groups in total. The van der Waals surface area contributed by atoms with Crippen molar-refractivity contribution in [2.75, 3.05) is 13.4 Å². The van der Waals surface area contributed by atoms with Crippen molar-refractivity contribution in [2.24, 2.45) is 0 Å². The molecule has 5 heteroatoms. The van der Waals surface area contributed by atoms with Gasteiger partial charge in [-0.3, -0.25) is 9.00 Å². The molecule has 1 amide bonds. The number of carbonyl (C=O) groups excluding carboxylic acids is 1. The molecule has 2 aromatic carbocycles. The Kier molecular flexibility index (Phi) is 5.72. The zero-order valence-corrected chi connectivity index (χ0v) is 13.5. The van der Waals surface area contributed by atoms with Gasteiger partial charge in [0.25, 0.3) is 5.91 Å². The van der Waals surface area contributed by atoms with Gasteiger partial charge in [-0.25, -0.2) is 0 Å². The summed E-state index contributed by atoms with van der Waals surface area (Å²) in [5, 5.41) is 2.88. The Bertz CT molecular complexity index is 685. The number of carbonyl (C=O) groups is 1. The molecule has 1 unspecified atom stereocenters. The maximum absolute atomic E-state index is 12.2. The quantitative estimate of drug-likeness (QED) is 0.890. The highest BCUT2D eigenvalue weighted by molar-refractivity contribution is 7.83. The van der Waals surface area contributed by atoms with Gasteiger partial charge in [0.1, 0.15) is 5.75 Å². The van der Waals surface area contributed by atoms with E-state index in [-0.39, 0.29) is 5.91 Å². The number of methoxy groups -OCH3 is 1. The van der Waals surface area contributed by atoms with Crippen molar-refractivity contribution in [3.05, 3.63) is 65.2 Å². The van der Waals surface area contributed by atoms with Crippen LogP contribution in [0.25, 0.3) is 0 Å². The zero-order chi connectivity index (χ0) is 15.9. The molecule has 2 aromatic rings. The van der Waals surface area contributed by atoms with E-state index in [0.717, 1.165) is 16.9 Å². The molecule has 4 nitrogen and oxygen atoms in total. The van der Waals surface area contributed by atoms with Gasteiger partial charge in [-0.15, -0.1) is 0 Å². The smallest absolute Gasteiger partial charge is 0.251 e. The van der Waals surface area contributed by atoms with Crippen LogP contribution in [0, 0.1) is 0 Å². The van der Waals surface area contributed by atoms with E-state index in [1.807, 2.05) is 36.4 Å². The van der Waals surface area contributed by atoms with E-state index in [2.05, 4.69) is 5.32 Å². The molecule has 0 aliphatic carbocycles. The third kappa shape index (κ3) is 4.70. The van der Waals surface area contributed by atoms with Crippen LogP contribution in [0.5, 0.6) is 5.75 Å². The SMILES string of the molecule is COc1cccc(CNC(=O)c2cccc(CS(C)=O)c2)c1. The molecule has 0 aliphatic rings. The van der Waals surface area contributed by atoms with Crippen molar-refractivity contribution in [1.29, 1.82) is 0 Å². The van der Waals surface area contributed by atoms with Crippen LogP contribution in [0.2, 0.25) is 0 Å². The summed E-state index contributed by atoms with van der Waals surface area (Å²) in [5.74, 6) is 1.07. The number of rotatable bonds is 6. The molecule has 0 aliphatic heterocycles. The fourth-order valence-corrected chi connectivity index (χ4v) is 2.75. The Balaban J connectivity index is 2.01. The van der Waals surface area contributed by atoms with Gasteiger partial charge >= 0.3 is 0 Å². The molecule has 0 heterocycles. The number of nitrogens with one attached hydrogen (secondary N) is 1. The van der Waals surface area contributed by atoms with E-state index in [0.29, 0.717) is 17.9 Å². The van der Waals surface area contributed by atoms with E-state index in [9.17, 15) is 9.00 Å². The number of ether oxygens (including phenoxy) is 1. The van der Waals surface area contributed by atoms with Crippen LogP contribution >= 0.6 is 0 Å². The first kappa shape index (κ1) is 16.2. The monoisotopic (exact) mass is 317 g/mol. The highest BCUT2D eigenvalue weighted by Gasteiger charge is 2.07.